The zero-order chi connectivity index (χ0) is 15.4. The highest BCUT2D eigenvalue weighted by atomic mass is 32.1. The van der Waals surface area contributed by atoms with Gasteiger partial charge in [0.05, 0.1) is 10.2 Å². The number of carbonyl (C=O) groups excluding carboxylic acids is 1. The summed E-state index contributed by atoms with van der Waals surface area (Å²) in [7, 11) is 0. The first-order valence-electron chi connectivity index (χ1n) is 6.95. The molecule has 4 rings (SSSR count). The molecule has 108 valence electrons. The summed E-state index contributed by atoms with van der Waals surface area (Å²) in [6, 6.07) is 9.85. The topological polar surface area (TPSA) is 68.9 Å². The Bertz CT molecular complexity index is 1080. The summed E-state index contributed by atoms with van der Waals surface area (Å²) in [5, 5.41) is 2.92. The number of anilines is 1. The summed E-state index contributed by atoms with van der Waals surface area (Å²) in [5.41, 5.74) is 8.32. The van der Waals surface area contributed by atoms with Crippen LogP contribution in [0.3, 0.4) is 0 Å². The van der Waals surface area contributed by atoms with Crippen LogP contribution in [-0.2, 0) is 0 Å². The van der Waals surface area contributed by atoms with Crippen molar-refractivity contribution in [1.82, 2.24) is 9.97 Å². The fourth-order valence-electron chi connectivity index (χ4n) is 2.83. The molecule has 4 nitrogen and oxygen atoms in total. The summed E-state index contributed by atoms with van der Waals surface area (Å²) in [4.78, 5) is 21.8. The molecule has 0 spiro atoms. The number of nitrogens with zero attached hydrogens (tertiary/aromatic N) is 2. The number of fused-ring (bicyclic) bond motifs is 5. The molecular weight excluding hydrogens is 294 g/mol. The zero-order valence-electron chi connectivity index (χ0n) is 12.2. The molecule has 0 radical (unpaired) electrons. The molecule has 3 heterocycles. The van der Waals surface area contributed by atoms with Crippen LogP contribution in [0.4, 0.5) is 5.82 Å². The number of hydrogen-bond acceptors (Lipinski definition) is 5. The van der Waals surface area contributed by atoms with Crippen LogP contribution in [0.25, 0.3) is 31.2 Å². The Morgan fingerprint density at radius 3 is 2.59 bits per heavy atom. The van der Waals surface area contributed by atoms with Gasteiger partial charge in [-0.25, -0.2) is 9.97 Å². The highest BCUT2D eigenvalue weighted by Gasteiger charge is 2.16. The van der Waals surface area contributed by atoms with E-state index in [1.165, 1.54) is 0 Å². The van der Waals surface area contributed by atoms with Gasteiger partial charge in [-0.05, 0) is 19.9 Å². The van der Waals surface area contributed by atoms with Crippen molar-refractivity contribution in [2.24, 2.45) is 0 Å². The minimum absolute atomic E-state index is 0.0139. The van der Waals surface area contributed by atoms with Crippen LogP contribution in [0.1, 0.15) is 23.0 Å². The van der Waals surface area contributed by atoms with E-state index >= 15 is 0 Å². The van der Waals surface area contributed by atoms with Crippen molar-refractivity contribution in [3.05, 3.63) is 41.6 Å². The first kappa shape index (κ1) is 13.2. The van der Waals surface area contributed by atoms with Crippen LogP contribution >= 0.6 is 11.3 Å². The number of carbonyl (C=O) groups is 1. The van der Waals surface area contributed by atoms with Crippen LogP contribution < -0.4 is 5.73 Å². The maximum absolute atomic E-state index is 11.8. The molecule has 0 saturated heterocycles. The van der Waals surface area contributed by atoms with Gasteiger partial charge in [0.25, 0.3) is 0 Å². The lowest BCUT2D eigenvalue weighted by atomic mass is 10.1. The van der Waals surface area contributed by atoms with E-state index in [0.29, 0.717) is 11.4 Å². The molecule has 0 atom stereocenters. The van der Waals surface area contributed by atoms with Gasteiger partial charge in [0.2, 0.25) is 0 Å². The Labute approximate surface area is 130 Å². The Balaban J connectivity index is 2.24. The standard InChI is InChI=1S/C17H13N3OS/c1-8-12(9(2)21)7-13-14-15(22-17(13)19-8)10-5-3-4-6-11(10)16(18)20-14/h3-7H,1-2H3,(H2,18,20). The number of nitrogen functional groups attached to an aromatic ring is 1. The number of thiophene rings is 1. The number of Topliss-reactive ketones (excluding diaryl/α,β-unsaturated/α-hetero) is 1. The highest BCUT2D eigenvalue weighted by molar-refractivity contribution is 7.26. The number of pyridine rings is 2. The molecule has 0 aliphatic carbocycles. The van der Waals surface area contributed by atoms with Gasteiger partial charge in [-0.2, -0.15) is 0 Å². The van der Waals surface area contributed by atoms with Crippen molar-refractivity contribution in [2.45, 2.75) is 13.8 Å². The van der Waals surface area contributed by atoms with Gasteiger partial charge >= 0.3 is 0 Å². The van der Waals surface area contributed by atoms with Gasteiger partial charge in [0.15, 0.2) is 5.78 Å². The first-order chi connectivity index (χ1) is 10.6. The molecule has 0 saturated carbocycles. The molecule has 0 aliphatic heterocycles. The zero-order valence-corrected chi connectivity index (χ0v) is 13.0. The van der Waals surface area contributed by atoms with E-state index in [0.717, 1.165) is 36.9 Å². The van der Waals surface area contributed by atoms with Gasteiger partial charge in [0, 0.05) is 27.4 Å². The Morgan fingerprint density at radius 1 is 1.14 bits per heavy atom. The largest absolute Gasteiger partial charge is 0.383 e. The second kappa shape index (κ2) is 4.48. The predicted octanol–water partition coefficient (Wildman–Crippen LogP) is 4.09. The molecule has 2 N–H and O–H groups in total. The van der Waals surface area contributed by atoms with E-state index < -0.39 is 0 Å². The predicted molar refractivity (Wildman–Crippen MR) is 91.6 cm³/mol. The monoisotopic (exact) mass is 307 g/mol. The molecule has 1 aromatic carbocycles. The van der Waals surface area contributed by atoms with Gasteiger partial charge < -0.3 is 5.73 Å². The number of benzene rings is 1. The third-order valence-corrected chi connectivity index (χ3v) is 5.03. The van der Waals surface area contributed by atoms with Crippen molar-refractivity contribution in [3.63, 3.8) is 0 Å². The summed E-state index contributed by atoms with van der Waals surface area (Å²) in [6.45, 7) is 3.42. The van der Waals surface area contributed by atoms with Crippen LogP contribution in [0.5, 0.6) is 0 Å². The first-order valence-corrected chi connectivity index (χ1v) is 7.77. The van der Waals surface area contributed by atoms with Crippen molar-refractivity contribution in [1.29, 1.82) is 0 Å². The smallest absolute Gasteiger partial charge is 0.161 e. The number of hydrogen-bond donors (Lipinski definition) is 1. The number of aromatic nitrogens is 2. The summed E-state index contributed by atoms with van der Waals surface area (Å²) >= 11 is 1.59. The Hall–Kier alpha value is -2.53. The third-order valence-electron chi connectivity index (χ3n) is 3.91. The second-order valence-corrected chi connectivity index (χ2v) is 6.35. The van der Waals surface area contributed by atoms with Gasteiger partial charge in [0.1, 0.15) is 10.6 Å². The quantitative estimate of drug-likeness (QED) is 0.538. The van der Waals surface area contributed by atoms with Crippen molar-refractivity contribution in [2.75, 3.05) is 5.73 Å². The van der Waals surface area contributed by atoms with E-state index in [1.54, 1.807) is 18.3 Å². The van der Waals surface area contributed by atoms with Crippen LogP contribution in [0.15, 0.2) is 30.3 Å². The van der Waals surface area contributed by atoms with Crippen molar-refractivity contribution < 1.29 is 4.79 Å². The van der Waals surface area contributed by atoms with Gasteiger partial charge in [-0.1, -0.05) is 24.3 Å². The fraction of sp³-hybridized carbons (Fsp3) is 0.118. The van der Waals surface area contributed by atoms with E-state index in [1.807, 2.05) is 37.3 Å². The number of rotatable bonds is 1. The maximum atomic E-state index is 11.8. The molecule has 0 aliphatic rings. The Kier molecular flexibility index (Phi) is 2.68. The number of nitrogens with two attached hydrogens (primary N) is 1. The number of aryl methyl sites for hydroxylation is 1. The lowest BCUT2D eigenvalue weighted by molar-refractivity contribution is 0.101. The molecule has 3 aromatic heterocycles. The van der Waals surface area contributed by atoms with Gasteiger partial charge in [-0.3, -0.25) is 4.79 Å². The van der Waals surface area contributed by atoms with E-state index in [-0.39, 0.29) is 5.78 Å². The van der Waals surface area contributed by atoms with E-state index in [2.05, 4.69) is 9.97 Å². The molecule has 0 bridgehead atoms. The van der Waals surface area contributed by atoms with Crippen molar-refractivity contribution in [3.8, 4) is 0 Å². The van der Waals surface area contributed by atoms with E-state index in [4.69, 9.17) is 5.73 Å². The molecule has 0 fully saturated rings. The molecule has 5 heteroatoms. The van der Waals surface area contributed by atoms with E-state index in [9.17, 15) is 4.79 Å². The molecular formula is C17H13N3OS. The molecule has 0 unspecified atom stereocenters. The second-order valence-electron chi connectivity index (χ2n) is 5.35. The van der Waals surface area contributed by atoms with Crippen LogP contribution in [0, 0.1) is 6.92 Å². The van der Waals surface area contributed by atoms with Crippen LogP contribution in [0.2, 0.25) is 0 Å². The van der Waals surface area contributed by atoms with Crippen LogP contribution in [-0.4, -0.2) is 15.8 Å². The average molecular weight is 307 g/mol. The lowest BCUT2D eigenvalue weighted by Gasteiger charge is -2.03. The minimum atomic E-state index is 0.0139. The molecule has 22 heavy (non-hydrogen) atoms. The molecule has 4 aromatic rings. The maximum Gasteiger partial charge on any atom is 0.161 e. The highest BCUT2D eigenvalue weighted by Crippen LogP contribution is 2.38. The minimum Gasteiger partial charge on any atom is -0.383 e. The summed E-state index contributed by atoms with van der Waals surface area (Å²) < 4.78 is 1.06. The van der Waals surface area contributed by atoms with Crippen molar-refractivity contribution >= 4 is 54.1 Å². The number of ketones is 1. The fourth-order valence-corrected chi connectivity index (χ4v) is 4.01. The normalized spacial score (nSPS) is 11.5. The lowest BCUT2D eigenvalue weighted by Crippen LogP contribution is -1.98. The Morgan fingerprint density at radius 2 is 1.86 bits per heavy atom. The average Bonchev–Trinajstić information content (AvgIpc) is 2.84. The summed E-state index contributed by atoms with van der Waals surface area (Å²) in [6.07, 6.45) is 0. The van der Waals surface area contributed by atoms with Gasteiger partial charge in [-0.15, -0.1) is 11.3 Å². The molecule has 0 amide bonds. The SMILES string of the molecule is CC(=O)c1cc2c(nc1C)sc1c3ccccc3c(N)nc21. The third kappa shape index (κ3) is 1.72. The summed E-state index contributed by atoms with van der Waals surface area (Å²) in [5.74, 6) is 0.521.